The first kappa shape index (κ1) is 12.0. The van der Waals surface area contributed by atoms with Gasteiger partial charge in [-0.2, -0.15) is 0 Å². The molecule has 1 fully saturated rings. The van der Waals surface area contributed by atoms with E-state index in [2.05, 4.69) is 21.8 Å². The van der Waals surface area contributed by atoms with Crippen LogP contribution in [0, 0.1) is 5.41 Å². The number of nitrogens with two attached hydrogens (primary N) is 1. The van der Waals surface area contributed by atoms with Gasteiger partial charge in [-0.05, 0) is 18.7 Å². The van der Waals surface area contributed by atoms with E-state index in [0.717, 1.165) is 38.3 Å². The van der Waals surface area contributed by atoms with E-state index < -0.39 is 0 Å². The molecule has 5 heteroatoms. The Labute approximate surface area is 102 Å². The van der Waals surface area contributed by atoms with Crippen LogP contribution in [0.2, 0.25) is 0 Å². The first-order valence-corrected chi connectivity index (χ1v) is 5.86. The Bertz CT molecular complexity index is 396. The summed E-state index contributed by atoms with van der Waals surface area (Å²) in [6, 6.07) is 3.90. The lowest BCUT2D eigenvalue weighted by atomic mass is 10.1. The minimum absolute atomic E-state index is 0.0507. The highest BCUT2D eigenvalue weighted by Gasteiger charge is 2.16. The van der Waals surface area contributed by atoms with Gasteiger partial charge in [0, 0.05) is 38.9 Å². The molecule has 1 aliphatic rings. The predicted octanol–water partition coefficient (Wildman–Crippen LogP) is 0.113. The van der Waals surface area contributed by atoms with Crippen LogP contribution in [-0.2, 0) is 6.54 Å². The third-order valence-corrected chi connectivity index (χ3v) is 3.14. The Hall–Kier alpha value is -1.46. The van der Waals surface area contributed by atoms with E-state index in [1.165, 1.54) is 0 Å². The van der Waals surface area contributed by atoms with Crippen molar-refractivity contribution >= 4 is 5.84 Å². The zero-order chi connectivity index (χ0) is 12.3. The van der Waals surface area contributed by atoms with Gasteiger partial charge in [0.25, 0.3) is 0 Å². The molecule has 0 radical (unpaired) electrons. The number of pyridine rings is 1. The van der Waals surface area contributed by atoms with Crippen LogP contribution in [0.3, 0.4) is 0 Å². The summed E-state index contributed by atoms with van der Waals surface area (Å²) >= 11 is 0. The third kappa shape index (κ3) is 3.01. The number of piperazine rings is 1. The van der Waals surface area contributed by atoms with Crippen molar-refractivity contribution in [2.75, 3.05) is 33.2 Å². The summed E-state index contributed by atoms with van der Waals surface area (Å²) in [7, 11) is 2.14. The van der Waals surface area contributed by atoms with Gasteiger partial charge < -0.3 is 10.6 Å². The number of aromatic nitrogens is 1. The fourth-order valence-electron chi connectivity index (χ4n) is 2.06. The number of amidine groups is 1. The van der Waals surface area contributed by atoms with Crippen molar-refractivity contribution in [2.24, 2.45) is 5.73 Å². The largest absolute Gasteiger partial charge is 0.382 e. The highest BCUT2D eigenvalue weighted by atomic mass is 15.2. The maximum Gasteiger partial charge on any atom is 0.142 e. The Balaban J connectivity index is 2.05. The summed E-state index contributed by atoms with van der Waals surface area (Å²) in [5.74, 6) is 0.0507. The minimum Gasteiger partial charge on any atom is -0.382 e. The van der Waals surface area contributed by atoms with Gasteiger partial charge in [0.15, 0.2) is 0 Å². The van der Waals surface area contributed by atoms with Crippen molar-refractivity contribution in [3.63, 3.8) is 0 Å². The molecule has 17 heavy (non-hydrogen) atoms. The molecule has 0 atom stereocenters. The average molecular weight is 233 g/mol. The smallest absolute Gasteiger partial charge is 0.142 e. The zero-order valence-electron chi connectivity index (χ0n) is 10.2. The zero-order valence-corrected chi connectivity index (χ0v) is 10.2. The number of nitrogens with zero attached hydrogens (tertiary/aromatic N) is 3. The first-order valence-electron chi connectivity index (χ1n) is 5.86. The maximum atomic E-state index is 7.51. The van der Waals surface area contributed by atoms with Gasteiger partial charge in [-0.25, -0.2) is 0 Å². The first-order chi connectivity index (χ1) is 8.16. The molecule has 2 rings (SSSR count). The molecule has 2 heterocycles. The van der Waals surface area contributed by atoms with Gasteiger partial charge in [-0.1, -0.05) is 6.07 Å². The molecule has 1 aromatic rings. The fourth-order valence-corrected chi connectivity index (χ4v) is 2.06. The Morgan fingerprint density at radius 2 is 2.12 bits per heavy atom. The molecule has 0 unspecified atom stereocenters. The number of hydrogen-bond acceptors (Lipinski definition) is 4. The standard InChI is InChI=1S/C12H19N5/c1-16-5-7-17(8-6-16)9-10-3-2-4-15-11(10)12(13)14/h2-4H,5-9H2,1H3,(H3,13,14). The summed E-state index contributed by atoms with van der Waals surface area (Å²) < 4.78 is 0. The van der Waals surface area contributed by atoms with Crippen LogP contribution >= 0.6 is 0 Å². The monoisotopic (exact) mass is 233 g/mol. The van der Waals surface area contributed by atoms with Gasteiger partial charge in [0.2, 0.25) is 0 Å². The molecule has 0 spiro atoms. The van der Waals surface area contributed by atoms with E-state index >= 15 is 0 Å². The lowest BCUT2D eigenvalue weighted by Gasteiger charge is -2.32. The lowest BCUT2D eigenvalue weighted by Crippen LogP contribution is -2.44. The second-order valence-corrected chi connectivity index (χ2v) is 4.50. The van der Waals surface area contributed by atoms with Gasteiger partial charge in [-0.15, -0.1) is 0 Å². The number of hydrogen-bond donors (Lipinski definition) is 2. The van der Waals surface area contributed by atoms with Crippen molar-refractivity contribution in [1.82, 2.24) is 14.8 Å². The molecule has 0 saturated carbocycles. The van der Waals surface area contributed by atoms with Gasteiger partial charge in [0.05, 0.1) is 0 Å². The molecule has 1 saturated heterocycles. The van der Waals surface area contributed by atoms with E-state index in [-0.39, 0.29) is 5.84 Å². The van der Waals surface area contributed by atoms with Crippen molar-refractivity contribution < 1.29 is 0 Å². The topological polar surface area (TPSA) is 69.2 Å². The van der Waals surface area contributed by atoms with Crippen molar-refractivity contribution in [2.45, 2.75) is 6.54 Å². The normalized spacial score (nSPS) is 18.2. The minimum atomic E-state index is 0.0507. The van der Waals surface area contributed by atoms with Crippen molar-refractivity contribution in [3.05, 3.63) is 29.6 Å². The van der Waals surface area contributed by atoms with Gasteiger partial charge in [0.1, 0.15) is 11.5 Å². The van der Waals surface area contributed by atoms with E-state index in [1.54, 1.807) is 6.20 Å². The number of nitrogens with one attached hydrogen (secondary N) is 1. The second-order valence-electron chi connectivity index (χ2n) is 4.50. The summed E-state index contributed by atoms with van der Waals surface area (Å²) in [5.41, 5.74) is 7.20. The van der Waals surface area contributed by atoms with Crippen LogP contribution < -0.4 is 5.73 Å². The van der Waals surface area contributed by atoms with Crippen LogP contribution in [0.25, 0.3) is 0 Å². The summed E-state index contributed by atoms with van der Waals surface area (Å²) in [6.45, 7) is 5.13. The van der Waals surface area contributed by atoms with Gasteiger partial charge >= 0.3 is 0 Å². The highest BCUT2D eigenvalue weighted by Crippen LogP contribution is 2.10. The summed E-state index contributed by atoms with van der Waals surface area (Å²) in [4.78, 5) is 8.88. The highest BCUT2D eigenvalue weighted by molar-refractivity contribution is 5.94. The van der Waals surface area contributed by atoms with Crippen LogP contribution in [0.5, 0.6) is 0 Å². The van der Waals surface area contributed by atoms with Crippen LogP contribution in [0.1, 0.15) is 11.3 Å². The molecule has 0 aliphatic carbocycles. The molecule has 92 valence electrons. The molecular formula is C12H19N5. The van der Waals surface area contributed by atoms with E-state index in [0.29, 0.717) is 5.69 Å². The molecule has 0 bridgehead atoms. The van der Waals surface area contributed by atoms with Crippen molar-refractivity contribution in [3.8, 4) is 0 Å². The fraction of sp³-hybridized carbons (Fsp3) is 0.500. The second kappa shape index (κ2) is 5.25. The Morgan fingerprint density at radius 1 is 1.41 bits per heavy atom. The van der Waals surface area contributed by atoms with Crippen LogP contribution in [-0.4, -0.2) is 53.8 Å². The maximum absolute atomic E-state index is 7.51. The number of nitrogen functional groups attached to an aromatic ring is 1. The third-order valence-electron chi connectivity index (χ3n) is 3.14. The molecule has 5 nitrogen and oxygen atoms in total. The molecule has 0 amide bonds. The Kier molecular flexibility index (Phi) is 3.71. The van der Waals surface area contributed by atoms with Crippen LogP contribution in [0.4, 0.5) is 0 Å². The molecule has 3 N–H and O–H groups in total. The van der Waals surface area contributed by atoms with Gasteiger partial charge in [-0.3, -0.25) is 15.3 Å². The number of rotatable bonds is 3. The SMILES string of the molecule is CN1CCN(Cc2cccnc2C(=N)N)CC1. The summed E-state index contributed by atoms with van der Waals surface area (Å²) in [5, 5.41) is 7.51. The molecule has 1 aromatic heterocycles. The summed E-state index contributed by atoms with van der Waals surface area (Å²) in [6.07, 6.45) is 1.68. The molecule has 1 aliphatic heterocycles. The van der Waals surface area contributed by atoms with Crippen molar-refractivity contribution in [1.29, 1.82) is 5.41 Å². The molecule has 0 aromatic carbocycles. The van der Waals surface area contributed by atoms with E-state index in [9.17, 15) is 0 Å². The average Bonchev–Trinajstić information content (AvgIpc) is 2.32. The van der Waals surface area contributed by atoms with Crippen LogP contribution in [0.15, 0.2) is 18.3 Å². The quantitative estimate of drug-likeness (QED) is 0.574. The number of likely N-dealkylation sites (N-methyl/N-ethyl adjacent to an activating group) is 1. The Morgan fingerprint density at radius 3 is 2.76 bits per heavy atom. The van der Waals surface area contributed by atoms with E-state index in [4.69, 9.17) is 11.1 Å². The molecular weight excluding hydrogens is 214 g/mol. The predicted molar refractivity (Wildman–Crippen MR) is 68.0 cm³/mol. The lowest BCUT2D eigenvalue weighted by molar-refractivity contribution is 0.148. The van der Waals surface area contributed by atoms with E-state index in [1.807, 2.05) is 12.1 Å².